The number of amides is 3. The van der Waals surface area contributed by atoms with Crippen LogP contribution < -0.4 is 5.32 Å². The van der Waals surface area contributed by atoms with Gasteiger partial charge in [-0.25, -0.2) is 0 Å². The molecule has 2 heterocycles. The van der Waals surface area contributed by atoms with Crippen LogP contribution in [0.5, 0.6) is 0 Å². The van der Waals surface area contributed by atoms with E-state index in [4.69, 9.17) is 4.52 Å². The first-order chi connectivity index (χ1) is 14.1. The summed E-state index contributed by atoms with van der Waals surface area (Å²) in [7, 11) is 0. The van der Waals surface area contributed by atoms with Crippen LogP contribution >= 0.6 is 0 Å². The van der Waals surface area contributed by atoms with Gasteiger partial charge in [-0.2, -0.15) is 4.98 Å². The van der Waals surface area contributed by atoms with Gasteiger partial charge >= 0.3 is 0 Å². The second-order valence-corrected chi connectivity index (χ2v) is 7.58. The maximum absolute atomic E-state index is 12.4. The molecule has 0 radical (unpaired) electrons. The molecule has 1 saturated carbocycles. The van der Waals surface area contributed by atoms with Gasteiger partial charge in [0.25, 0.3) is 0 Å². The smallest absolute Gasteiger partial charge is 0.246 e. The molecule has 4 rings (SSSR count). The van der Waals surface area contributed by atoms with E-state index in [-0.39, 0.29) is 42.5 Å². The highest BCUT2D eigenvalue weighted by Crippen LogP contribution is 2.38. The van der Waals surface area contributed by atoms with Crippen molar-refractivity contribution >= 4 is 17.7 Å². The van der Waals surface area contributed by atoms with Crippen LogP contribution in [0.15, 0.2) is 34.9 Å². The van der Waals surface area contributed by atoms with Gasteiger partial charge in [0.15, 0.2) is 0 Å². The molecular weight excluding hydrogens is 372 g/mol. The van der Waals surface area contributed by atoms with Gasteiger partial charge in [0.2, 0.25) is 29.4 Å². The average Bonchev–Trinajstić information content (AvgIpc) is 3.32. The van der Waals surface area contributed by atoms with Crippen LogP contribution in [0.3, 0.4) is 0 Å². The summed E-state index contributed by atoms with van der Waals surface area (Å²) < 4.78 is 5.16. The summed E-state index contributed by atoms with van der Waals surface area (Å²) in [6, 6.07) is 9.44. The number of carbonyl (C=O) groups excluding carboxylic acids is 3. The van der Waals surface area contributed by atoms with Gasteiger partial charge in [-0.3, -0.25) is 19.3 Å². The number of imide groups is 1. The Morgan fingerprint density at radius 3 is 2.48 bits per heavy atom. The number of hydrogen-bond donors (Lipinski definition) is 1. The molecule has 1 aromatic carbocycles. The van der Waals surface area contributed by atoms with Crippen molar-refractivity contribution in [3.63, 3.8) is 0 Å². The molecule has 2 atom stereocenters. The Kier molecular flexibility index (Phi) is 5.69. The second kappa shape index (κ2) is 8.55. The quantitative estimate of drug-likeness (QED) is 0.720. The summed E-state index contributed by atoms with van der Waals surface area (Å²) in [5.41, 5.74) is 0.842. The number of fused-ring (bicyclic) bond motifs is 1. The minimum atomic E-state index is -0.180. The zero-order chi connectivity index (χ0) is 20.2. The van der Waals surface area contributed by atoms with Gasteiger partial charge in [0.05, 0.1) is 18.4 Å². The lowest BCUT2D eigenvalue weighted by Crippen LogP contribution is -2.33. The summed E-state index contributed by atoms with van der Waals surface area (Å²) in [6.45, 7) is 0.446. The van der Waals surface area contributed by atoms with E-state index >= 15 is 0 Å². The first-order valence-electron chi connectivity index (χ1n) is 10.1. The van der Waals surface area contributed by atoms with E-state index in [1.165, 1.54) is 4.90 Å². The van der Waals surface area contributed by atoms with E-state index in [0.29, 0.717) is 24.7 Å². The standard InChI is InChI=1S/C21H24N4O4/c26-17(22-13-18-23-19(24-29-18)14-7-2-1-3-8-14)11-6-12-25-20(27)15-9-4-5-10-16(15)21(25)28/h1-3,7-8,15-16H,4-6,9-13H2,(H,22,26)/t15-,16-/m0/s1. The number of rotatable bonds is 7. The van der Waals surface area contributed by atoms with Crippen molar-refractivity contribution in [3.8, 4) is 11.4 Å². The first-order valence-corrected chi connectivity index (χ1v) is 10.1. The SMILES string of the molecule is O=C(CCCN1C(=O)[C@H]2CCCC[C@@H]2C1=O)NCc1nc(-c2ccccc2)no1. The fourth-order valence-electron chi connectivity index (χ4n) is 4.14. The largest absolute Gasteiger partial charge is 0.347 e. The molecule has 152 valence electrons. The van der Waals surface area contributed by atoms with Crippen molar-refractivity contribution in [1.29, 1.82) is 0 Å². The van der Waals surface area contributed by atoms with Crippen molar-refractivity contribution < 1.29 is 18.9 Å². The second-order valence-electron chi connectivity index (χ2n) is 7.58. The topological polar surface area (TPSA) is 105 Å². The normalized spacial score (nSPS) is 21.3. The Morgan fingerprint density at radius 1 is 1.10 bits per heavy atom. The fourth-order valence-corrected chi connectivity index (χ4v) is 4.14. The number of benzene rings is 1. The van der Waals surface area contributed by atoms with Crippen LogP contribution in [0.1, 0.15) is 44.4 Å². The molecule has 1 aliphatic heterocycles. The molecule has 8 heteroatoms. The highest BCUT2D eigenvalue weighted by molar-refractivity contribution is 6.05. The number of aromatic nitrogens is 2. The summed E-state index contributed by atoms with van der Waals surface area (Å²) in [5, 5.41) is 6.65. The molecule has 3 amide bonds. The Bertz CT molecular complexity index is 871. The molecule has 2 aliphatic rings. The molecule has 0 bridgehead atoms. The Balaban J connectivity index is 1.21. The maximum Gasteiger partial charge on any atom is 0.246 e. The maximum atomic E-state index is 12.4. The monoisotopic (exact) mass is 396 g/mol. The number of nitrogens with zero attached hydrogens (tertiary/aromatic N) is 3. The summed E-state index contributed by atoms with van der Waals surface area (Å²) in [6.07, 6.45) is 4.31. The highest BCUT2D eigenvalue weighted by atomic mass is 16.5. The van der Waals surface area contributed by atoms with Gasteiger partial charge in [0.1, 0.15) is 0 Å². The van der Waals surface area contributed by atoms with Gasteiger partial charge in [-0.15, -0.1) is 0 Å². The third-order valence-electron chi connectivity index (χ3n) is 5.65. The Morgan fingerprint density at radius 2 is 1.79 bits per heavy atom. The lowest BCUT2D eigenvalue weighted by atomic mass is 9.81. The number of likely N-dealkylation sites (tertiary alicyclic amines) is 1. The third-order valence-corrected chi connectivity index (χ3v) is 5.65. The van der Waals surface area contributed by atoms with Crippen molar-refractivity contribution in [2.24, 2.45) is 11.8 Å². The lowest BCUT2D eigenvalue weighted by Gasteiger charge is -2.19. The Hall–Kier alpha value is -3.03. The van der Waals surface area contributed by atoms with Gasteiger partial charge < -0.3 is 9.84 Å². The molecule has 2 fully saturated rings. The highest BCUT2D eigenvalue weighted by Gasteiger charge is 2.47. The van der Waals surface area contributed by atoms with E-state index in [2.05, 4.69) is 15.5 Å². The zero-order valence-electron chi connectivity index (χ0n) is 16.2. The van der Waals surface area contributed by atoms with Crippen molar-refractivity contribution in [1.82, 2.24) is 20.4 Å². The molecule has 1 N–H and O–H groups in total. The number of nitrogens with one attached hydrogen (secondary N) is 1. The van der Waals surface area contributed by atoms with Crippen LogP contribution in [0.25, 0.3) is 11.4 Å². The summed E-state index contributed by atoms with van der Waals surface area (Å²) in [4.78, 5) is 42.6. The predicted octanol–water partition coefficient (Wildman–Crippen LogP) is 2.31. The van der Waals surface area contributed by atoms with E-state index in [1.807, 2.05) is 30.3 Å². The minimum Gasteiger partial charge on any atom is -0.347 e. The van der Waals surface area contributed by atoms with E-state index in [9.17, 15) is 14.4 Å². The van der Waals surface area contributed by atoms with Crippen LogP contribution in [-0.2, 0) is 20.9 Å². The molecule has 2 aromatic rings. The molecular formula is C21H24N4O4. The van der Waals surface area contributed by atoms with Crippen molar-refractivity contribution in [2.45, 2.75) is 45.1 Å². The van der Waals surface area contributed by atoms with Crippen LogP contribution in [0.2, 0.25) is 0 Å². The van der Waals surface area contributed by atoms with Gasteiger partial charge in [0, 0.05) is 18.5 Å². The molecule has 0 spiro atoms. The third kappa shape index (κ3) is 4.21. The van der Waals surface area contributed by atoms with Crippen LogP contribution in [0.4, 0.5) is 0 Å². The van der Waals surface area contributed by atoms with Crippen LogP contribution in [-0.4, -0.2) is 39.3 Å². The Labute approximate surface area is 168 Å². The van der Waals surface area contributed by atoms with E-state index in [0.717, 1.165) is 31.2 Å². The molecule has 29 heavy (non-hydrogen) atoms. The summed E-state index contributed by atoms with van der Waals surface area (Å²) in [5.74, 6) is 0.233. The van der Waals surface area contributed by atoms with Gasteiger partial charge in [-0.1, -0.05) is 48.3 Å². The van der Waals surface area contributed by atoms with Crippen molar-refractivity contribution in [2.75, 3.05) is 6.54 Å². The molecule has 8 nitrogen and oxygen atoms in total. The zero-order valence-corrected chi connectivity index (χ0v) is 16.2. The molecule has 1 aromatic heterocycles. The van der Waals surface area contributed by atoms with Crippen molar-refractivity contribution in [3.05, 3.63) is 36.2 Å². The first kappa shape index (κ1) is 19.3. The average molecular weight is 396 g/mol. The van der Waals surface area contributed by atoms with Crippen LogP contribution in [0, 0.1) is 11.8 Å². The number of carbonyl (C=O) groups is 3. The molecule has 0 unspecified atom stereocenters. The van der Waals surface area contributed by atoms with E-state index < -0.39 is 0 Å². The van der Waals surface area contributed by atoms with Gasteiger partial charge in [-0.05, 0) is 19.3 Å². The lowest BCUT2D eigenvalue weighted by molar-refractivity contribution is -0.140. The minimum absolute atomic E-state index is 0.0561. The molecule has 1 aliphatic carbocycles. The summed E-state index contributed by atoms with van der Waals surface area (Å²) >= 11 is 0. The molecule has 1 saturated heterocycles. The number of hydrogen-bond acceptors (Lipinski definition) is 6. The predicted molar refractivity (Wildman–Crippen MR) is 103 cm³/mol. The fraction of sp³-hybridized carbons (Fsp3) is 0.476. The van der Waals surface area contributed by atoms with E-state index in [1.54, 1.807) is 0 Å².